The zero-order valence-electron chi connectivity index (χ0n) is 25.5. The molecule has 8 heteroatoms. The van der Waals surface area contributed by atoms with Gasteiger partial charge in [-0.2, -0.15) is 0 Å². The lowest BCUT2D eigenvalue weighted by atomic mass is 9.85. The van der Waals surface area contributed by atoms with Gasteiger partial charge in [-0.1, -0.05) is 57.6 Å². The summed E-state index contributed by atoms with van der Waals surface area (Å²) >= 11 is 0. The van der Waals surface area contributed by atoms with E-state index in [2.05, 4.69) is 24.4 Å². The topological polar surface area (TPSA) is 100 Å². The van der Waals surface area contributed by atoms with Crippen molar-refractivity contribution < 1.29 is 33.3 Å². The van der Waals surface area contributed by atoms with Crippen molar-refractivity contribution in [3.05, 3.63) is 59.2 Å². The van der Waals surface area contributed by atoms with Gasteiger partial charge in [0.2, 0.25) is 0 Å². The lowest BCUT2D eigenvalue weighted by molar-refractivity contribution is -0.146. The molecule has 2 atom stereocenters. The van der Waals surface area contributed by atoms with Crippen LogP contribution in [0, 0.1) is 5.92 Å². The number of ether oxygens (including phenoxy) is 4. The average Bonchev–Trinajstić information content (AvgIpc) is 3.02. The van der Waals surface area contributed by atoms with Crippen molar-refractivity contribution in [1.82, 2.24) is 5.32 Å². The predicted octanol–water partition coefficient (Wildman–Crippen LogP) is 6.69. The highest BCUT2D eigenvalue weighted by atomic mass is 16.5. The van der Waals surface area contributed by atoms with E-state index in [0.29, 0.717) is 18.8 Å². The van der Waals surface area contributed by atoms with E-state index in [4.69, 9.17) is 18.9 Å². The molecule has 2 unspecified atom stereocenters. The Labute approximate surface area is 250 Å². The highest BCUT2D eigenvalue weighted by Gasteiger charge is 2.29. The van der Waals surface area contributed by atoms with Crippen molar-refractivity contribution in [2.75, 3.05) is 27.4 Å². The predicted molar refractivity (Wildman–Crippen MR) is 162 cm³/mol. The zero-order valence-corrected chi connectivity index (χ0v) is 25.5. The van der Waals surface area contributed by atoms with E-state index in [0.717, 1.165) is 50.9 Å². The Morgan fingerprint density at radius 3 is 2.31 bits per heavy atom. The number of amides is 1. The summed E-state index contributed by atoms with van der Waals surface area (Å²) in [5, 5.41) is 3.03. The number of nitrogens with one attached hydrogen (secondary N) is 1. The Kier molecular flexibility index (Phi) is 14.2. The highest BCUT2D eigenvalue weighted by molar-refractivity contribution is 6.00. The molecule has 1 fully saturated rings. The van der Waals surface area contributed by atoms with Crippen LogP contribution in [0.4, 0.5) is 0 Å². The molecule has 0 spiro atoms. The molecule has 8 nitrogen and oxygen atoms in total. The lowest BCUT2D eigenvalue weighted by Gasteiger charge is -2.28. The van der Waals surface area contributed by atoms with E-state index in [9.17, 15) is 14.4 Å². The summed E-state index contributed by atoms with van der Waals surface area (Å²) < 4.78 is 21.6. The van der Waals surface area contributed by atoms with Crippen LogP contribution in [0.3, 0.4) is 0 Å². The van der Waals surface area contributed by atoms with Crippen LogP contribution in [0.2, 0.25) is 0 Å². The number of carbonyl (C=O) groups is 3. The molecule has 0 aliphatic heterocycles. The maximum absolute atomic E-state index is 13.3. The number of rotatable bonds is 17. The molecular formula is C34H47NO7. The normalized spacial score (nSPS) is 16.4. The first-order valence-electron chi connectivity index (χ1n) is 15.4. The average molecular weight is 582 g/mol. The Hall–Kier alpha value is -3.55. The monoisotopic (exact) mass is 581 g/mol. The molecule has 42 heavy (non-hydrogen) atoms. The van der Waals surface area contributed by atoms with Crippen molar-refractivity contribution in [3.8, 4) is 11.5 Å². The standard InChI is InChI=1S/C34H47NO7/c1-4-5-6-7-8-9-21-41-29-18-15-25(16-19-29)12-11-22-42-31-20-17-27(34(38)40-3)24-30(31)32(36)35-28-14-10-13-26(23-28)33(37)39-2/h15-20,24,26,28H,4-14,21-23H2,1-3H3,(H,35,36). The number of hydrogen-bond acceptors (Lipinski definition) is 7. The molecule has 3 rings (SSSR count). The molecule has 2 aromatic carbocycles. The van der Waals surface area contributed by atoms with Gasteiger partial charge in [-0.05, 0) is 74.4 Å². The van der Waals surface area contributed by atoms with Crippen LogP contribution < -0.4 is 14.8 Å². The quantitative estimate of drug-likeness (QED) is 0.164. The third-order valence-electron chi connectivity index (χ3n) is 7.75. The van der Waals surface area contributed by atoms with E-state index in [1.807, 2.05) is 12.1 Å². The third kappa shape index (κ3) is 10.7. The molecule has 230 valence electrons. The molecule has 1 saturated carbocycles. The Balaban J connectivity index is 1.51. The minimum atomic E-state index is -0.529. The van der Waals surface area contributed by atoms with Gasteiger partial charge in [0.1, 0.15) is 11.5 Å². The van der Waals surface area contributed by atoms with E-state index < -0.39 is 5.97 Å². The number of methoxy groups -OCH3 is 2. The van der Waals surface area contributed by atoms with Gasteiger partial charge < -0.3 is 24.3 Å². The number of benzene rings is 2. The number of unbranched alkanes of at least 4 members (excludes halogenated alkanes) is 5. The van der Waals surface area contributed by atoms with Crippen LogP contribution in [0.15, 0.2) is 42.5 Å². The van der Waals surface area contributed by atoms with Crippen LogP contribution in [-0.4, -0.2) is 51.3 Å². The SMILES string of the molecule is CCCCCCCCOc1ccc(CCCOc2ccc(C(=O)OC)cc2C(=O)NC2CCCC(C(=O)OC)C2)cc1. The first kappa shape index (κ1) is 33.0. The van der Waals surface area contributed by atoms with Crippen molar-refractivity contribution in [2.45, 2.75) is 90.0 Å². The molecule has 1 aliphatic rings. The number of carbonyl (C=O) groups excluding carboxylic acids is 3. The van der Waals surface area contributed by atoms with Crippen LogP contribution in [0.1, 0.15) is 104 Å². The van der Waals surface area contributed by atoms with Gasteiger partial charge in [-0.15, -0.1) is 0 Å². The molecule has 0 aromatic heterocycles. The maximum atomic E-state index is 13.3. The minimum absolute atomic E-state index is 0.164. The Morgan fingerprint density at radius 2 is 1.57 bits per heavy atom. The molecule has 0 radical (unpaired) electrons. The second-order valence-corrected chi connectivity index (χ2v) is 11.0. The van der Waals surface area contributed by atoms with Gasteiger partial charge in [0.25, 0.3) is 5.91 Å². The fourth-order valence-corrected chi connectivity index (χ4v) is 5.33. The lowest BCUT2D eigenvalue weighted by Crippen LogP contribution is -2.40. The largest absolute Gasteiger partial charge is 0.494 e. The molecular weight excluding hydrogens is 534 g/mol. The number of esters is 2. The van der Waals surface area contributed by atoms with Gasteiger partial charge in [-0.3, -0.25) is 9.59 Å². The van der Waals surface area contributed by atoms with Crippen LogP contribution >= 0.6 is 0 Å². The van der Waals surface area contributed by atoms with E-state index in [1.165, 1.54) is 58.0 Å². The van der Waals surface area contributed by atoms with Gasteiger partial charge in [0, 0.05) is 6.04 Å². The molecule has 0 saturated heterocycles. The van der Waals surface area contributed by atoms with Crippen LogP contribution in [-0.2, 0) is 20.7 Å². The molecule has 1 aliphatic carbocycles. The second kappa shape index (κ2) is 18.1. The third-order valence-corrected chi connectivity index (χ3v) is 7.75. The molecule has 1 amide bonds. The molecule has 2 aromatic rings. The Bertz CT molecular complexity index is 1130. The van der Waals surface area contributed by atoms with Crippen LogP contribution in [0.25, 0.3) is 0 Å². The van der Waals surface area contributed by atoms with Crippen molar-refractivity contribution >= 4 is 17.8 Å². The second-order valence-electron chi connectivity index (χ2n) is 11.0. The van der Waals surface area contributed by atoms with Gasteiger partial charge in [-0.25, -0.2) is 4.79 Å². The number of aryl methyl sites for hydroxylation is 1. The van der Waals surface area contributed by atoms with E-state index >= 15 is 0 Å². The summed E-state index contributed by atoms with van der Waals surface area (Å²) in [6.07, 6.45) is 11.9. The molecule has 0 heterocycles. The summed E-state index contributed by atoms with van der Waals surface area (Å²) in [6.45, 7) is 3.38. The Morgan fingerprint density at radius 1 is 0.833 bits per heavy atom. The van der Waals surface area contributed by atoms with Crippen molar-refractivity contribution in [1.29, 1.82) is 0 Å². The molecule has 0 bridgehead atoms. The highest BCUT2D eigenvalue weighted by Crippen LogP contribution is 2.27. The van der Waals surface area contributed by atoms with Crippen molar-refractivity contribution in [3.63, 3.8) is 0 Å². The van der Waals surface area contributed by atoms with Gasteiger partial charge in [0.05, 0.1) is 44.5 Å². The summed E-state index contributed by atoms with van der Waals surface area (Å²) in [5.41, 5.74) is 1.72. The number of hydrogen-bond donors (Lipinski definition) is 1. The fourth-order valence-electron chi connectivity index (χ4n) is 5.33. The van der Waals surface area contributed by atoms with Crippen LogP contribution in [0.5, 0.6) is 11.5 Å². The first-order chi connectivity index (χ1) is 20.4. The molecule has 1 N–H and O–H groups in total. The van der Waals surface area contributed by atoms with Crippen molar-refractivity contribution in [2.24, 2.45) is 5.92 Å². The summed E-state index contributed by atoms with van der Waals surface area (Å²) in [6, 6.07) is 12.7. The summed E-state index contributed by atoms with van der Waals surface area (Å²) in [7, 11) is 2.68. The van der Waals surface area contributed by atoms with Gasteiger partial charge >= 0.3 is 11.9 Å². The van der Waals surface area contributed by atoms with E-state index in [1.54, 1.807) is 12.1 Å². The minimum Gasteiger partial charge on any atom is -0.494 e. The summed E-state index contributed by atoms with van der Waals surface area (Å²) in [4.78, 5) is 37.5. The van der Waals surface area contributed by atoms with E-state index in [-0.39, 0.29) is 35.0 Å². The summed E-state index contributed by atoms with van der Waals surface area (Å²) in [5.74, 6) is -0.0611. The first-order valence-corrected chi connectivity index (χ1v) is 15.4. The maximum Gasteiger partial charge on any atom is 0.337 e. The zero-order chi connectivity index (χ0) is 30.2. The fraction of sp³-hybridized carbons (Fsp3) is 0.559. The smallest absolute Gasteiger partial charge is 0.337 e. The van der Waals surface area contributed by atoms with Gasteiger partial charge in [0.15, 0.2) is 0 Å².